The second kappa shape index (κ2) is 10.5. The van der Waals surface area contributed by atoms with Crippen LogP contribution in [0.15, 0.2) is 30.3 Å². The molecular formula is C15H24N2O2. The van der Waals surface area contributed by atoms with Crippen molar-refractivity contribution in [3.8, 4) is 0 Å². The molecule has 0 unspecified atom stereocenters. The maximum Gasteiger partial charge on any atom is 0.310 e. The van der Waals surface area contributed by atoms with Crippen molar-refractivity contribution in [2.45, 2.75) is 25.7 Å². The monoisotopic (exact) mass is 264 g/mol. The van der Waals surface area contributed by atoms with Gasteiger partial charge in [0.1, 0.15) is 0 Å². The fraction of sp³-hybridized carbons (Fsp3) is 0.533. The number of rotatable bonds is 10. The standard InChI is InChI=1S/C15H24N2O2/c16-9-4-5-10-17-11-6-12-19-15(18)13-14-7-2-1-3-8-14/h1-3,7-8,17H,4-6,9-13,16H2. The van der Waals surface area contributed by atoms with Crippen molar-refractivity contribution in [1.82, 2.24) is 5.32 Å². The van der Waals surface area contributed by atoms with Crippen LogP contribution in [0.4, 0.5) is 0 Å². The molecule has 0 spiro atoms. The normalized spacial score (nSPS) is 10.4. The molecule has 0 aliphatic heterocycles. The molecule has 4 nitrogen and oxygen atoms in total. The van der Waals surface area contributed by atoms with Crippen LogP contribution in [0.1, 0.15) is 24.8 Å². The van der Waals surface area contributed by atoms with E-state index in [1.54, 1.807) is 0 Å². The Hall–Kier alpha value is -1.39. The first-order chi connectivity index (χ1) is 9.33. The summed E-state index contributed by atoms with van der Waals surface area (Å²) < 4.78 is 5.17. The van der Waals surface area contributed by atoms with Gasteiger partial charge in [0.25, 0.3) is 0 Å². The third-order valence-electron chi connectivity index (χ3n) is 2.76. The van der Waals surface area contributed by atoms with E-state index in [0.717, 1.165) is 44.5 Å². The fourth-order valence-corrected chi connectivity index (χ4v) is 1.72. The van der Waals surface area contributed by atoms with Crippen LogP contribution in [0, 0.1) is 0 Å². The lowest BCUT2D eigenvalue weighted by atomic mass is 10.2. The van der Waals surface area contributed by atoms with Crippen LogP contribution in [-0.2, 0) is 16.0 Å². The van der Waals surface area contributed by atoms with Crippen molar-refractivity contribution < 1.29 is 9.53 Å². The number of hydrogen-bond donors (Lipinski definition) is 2. The summed E-state index contributed by atoms with van der Waals surface area (Å²) in [6, 6.07) is 9.65. The molecule has 0 aliphatic rings. The summed E-state index contributed by atoms with van der Waals surface area (Å²) in [5.74, 6) is -0.158. The maximum absolute atomic E-state index is 11.5. The van der Waals surface area contributed by atoms with E-state index >= 15 is 0 Å². The van der Waals surface area contributed by atoms with E-state index in [1.165, 1.54) is 0 Å². The number of carbonyl (C=O) groups excluding carboxylic acids is 1. The summed E-state index contributed by atoms with van der Waals surface area (Å²) in [4.78, 5) is 11.5. The molecule has 0 bridgehead atoms. The van der Waals surface area contributed by atoms with Gasteiger partial charge in [-0.3, -0.25) is 4.79 Å². The second-order valence-corrected chi connectivity index (χ2v) is 4.48. The van der Waals surface area contributed by atoms with E-state index in [2.05, 4.69) is 5.32 Å². The highest BCUT2D eigenvalue weighted by molar-refractivity contribution is 5.72. The Morgan fingerprint density at radius 3 is 2.58 bits per heavy atom. The smallest absolute Gasteiger partial charge is 0.310 e. The Kier molecular flexibility index (Phi) is 8.68. The van der Waals surface area contributed by atoms with Crippen LogP contribution in [0.3, 0.4) is 0 Å². The molecule has 0 saturated carbocycles. The lowest BCUT2D eigenvalue weighted by molar-refractivity contribution is -0.142. The summed E-state index contributed by atoms with van der Waals surface area (Å²) in [6.07, 6.45) is 3.36. The highest BCUT2D eigenvalue weighted by Crippen LogP contribution is 2.00. The molecule has 0 fully saturated rings. The average molecular weight is 264 g/mol. The van der Waals surface area contributed by atoms with E-state index in [4.69, 9.17) is 10.5 Å². The zero-order chi connectivity index (χ0) is 13.8. The second-order valence-electron chi connectivity index (χ2n) is 4.48. The molecule has 0 aliphatic carbocycles. The molecule has 106 valence electrons. The lowest BCUT2D eigenvalue weighted by Gasteiger charge is -2.06. The van der Waals surface area contributed by atoms with Crippen LogP contribution >= 0.6 is 0 Å². The molecule has 0 saturated heterocycles. The fourth-order valence-electron chi connectivity index (χ4n) is 1.72. The first kappa shape index (κ1) is 15.7. The quantitative estimate of drug-likeness (QED) is 0.496. The first-order valence-corrected chi connectivity index (χ1v) is 6.93. The van der Waals surface area contributed by atoms with E-state index in [1.807, 2.05) is 30.3 Å². The summed E-state index contributed by atoms with van der Waals surface area (Å²) in [6.45, 7) is 3.09. The number of unbranched alkanes of at least 4 members (excludes halogenated alkanes) is 1. The van der Waals surface area contributed by atoms with Gasteiger partial charge in [0.2, 0.25) is 0 Å². The van der Waals surface area contributed by atoms with Gasteiger partial charge in [-0.2, -0.15) is 0 Å². The maximum atomic E-state index is 11.5. The van der Waals surface area contributed by atoms with Crippen molar-refractivity contribution in [1.29, 1.82) is 0 Å². The van der Waals surface area contributed by atoms with E-state index < -0.39 is 0 Å². The lowest BCUT2D eigenvalue weighted by Crippen LogP contribution is -2.20. The SMILES string of the molecule is NCCCCNCCCOC(=O)Cc1ccccc1. The number of nitrogens with two attached hydrogens (primary N) is 1. The minimum absolute atomic E-state index is 0.158. The first-order valence-electron chi connectivity index (χ1n) is 6.93. The highest BCUT2D eigenvalue weighted by Gasteiger charge is 2.03. The molecule has 0 aromatic heterocycles. The molecule has 0 atom stereocenters. The van der Waals surface area contributed by atoms with Gasteiger partial charge in [-0.25, -0.2) is 0 Å². The van der Waals surface area contributed by atoms with Crippen molar-refractivity contribution in [2.24, 2.45) is 5.73 Å². The van der Waals surface area contributed by atoms with Crippen molar-refractivity contribution in [3.05, 3.63) is 35.9 Å². The number of hydrogen-bond acceptors (Lipinski definition) is 4. The molecule has 19 heavy (non-hydrogen) atoms. The van der Waals surface area contributed by atoms with Gasteiger partial charge in [-0.15, -0.1) is 0 Å². The molecule has 0 radical (unpaired) electrons. The Bertz CT molecular complexity index is 341. The molecule has 4 heteroatoms. The third kappa shape index (κ3) is 8.35. The van der Waals surface area contributed by atoms with Crippen LogP contribution < -0.4 is 11.1 Å². The molecular weight excluding hydrogens is 240 g/mol. The molecule has 1 aromatic rings. The number of benzene rings is 1. The van der Waals surface area contributed by atoms with E-state index in [9.17, 15) is 4.79 Å². The zero-order valence-corrected chi connectivity index (χ0v) is 11.4. The molecule has 1 aromatic carbocycles. The summed E-state index contributed by atoms with van der Waals surface area (Å²) in [5.41, 5.74) is 6.40. The predicted octanol–water partition coefficient (Wildman–Crippen LogP) is 1.49. The molecule has 3 N–H and O–H groups in total. The minimum Gasteiger partial charge on any atom is -0.465 e. The van der Waals surface area contributed by atoms with Gasteiger partial charge in [0.05, 0.1) is 13.0 Å². The topological polar surface area (TPSA) is 64.3 Å². The summed E-state index contributed by atoms with van der Waals surface area (Å²) in [7, 11) is 0. The van der Waals surface area contributed by atoms with Crippen molar-refractivity contribution >= 4 is 5.97 Å². The summed E-state index contributed by atoms with van der Waals surface area (Å²) >= 11 is 0. The Balaban J connectivity index is 1.96. The number of esters is 1. The number of carbonyl (C=O) groups is 1. The Morgan fingerprint density at radius 1 is 1.11 bits per heavy atom. The zero-order valence-electron chi connectivity index (χ0n) is 11.4. The van der Waals surface area contributed by atoms with Gasteiger partial charge in [0.15, 0.2) is 0 Å². The van der Waals surface area contributed by atoms with Crippen LogP contribution in [0.5, 0.6) is 0 Å². The number of nitrogens with one attached hydrogen (secondary N) is 1. The van der Waals surface area contributed by atoms with Crippen LogP contribution in [0.25, 0.3) is 0 Å². The van der Waals surface area contributed by atoms with Gasteiger partial charge < -0.3 is 15.8 Å². The average Bonchev–Trinajstić information content (AvgIpc) is 2.43. The van der Waals surface area contributed by atoms with Crippen LogP contribution in [-0.4, -0.2) is 32.2 Å². The van der Waals surface area contributed by atoms with Crippen LogP contribution in [0.2, 0.25) is 0 Å². The van der Waals surface area contributed by atoms with Gasteiger partial charge in [-0.1, -0.05) is 30.3 Å². The highest BCUT2D eigenvalue weighted by atomic mass is 16.5. The predicted molar refractivity (Wildman–Crippen MR) is 76.9 cm³/mol. The van der Waals surface area contributed by atoms with Crippen molar-refractivity contribution in [3.63, 3.8) is 0 Å². The summed E-state index contributed by atoms with van der Waals surface area (Å²) in [5, 5.41) is 3.30. The Morgan fingerprint density at radius 2 is 1.84 bits per heavy atom. The molecule has 0 heterocycles. The minimum atomic E-state index is -0.158. The van der Waals surface area contributed by atoms with Gasteiger partial charge in [0, 0.05) is 0 Å². The molecule has 1 rings (SSSR count). The van der Waals surface area contributed by atoms with Gasteiger partial charge in [-0.05, 0) is 44.5 Å². The van der Waals surface area contributed by atoms with Gasteiger partial charge >= 0.3 is 5.97 Å². The Labute approximate surface area is 115 Å². The third-order valence-corrected chi connectivity index (χ3v) is 2.76. The van der Waals surface area contributed by atoms with E-state index in [0.29, 0.717) is 13.0 Å². The number of ether oxygens (including phenoxy) is 1. The molecule has 0 amide bonds. The van der Waals surface area contributed by atoms with Crippen molar-refractivity contribution in [2.75, 3.05) is 26.2 Å². The van der Waals surface area contributed by atoms with E-state index in [-0.39, 0.29) is 5.97 Å². The largest absolute Gasteiger partial charge is 0.465 e.